The van der Waals surface area contributed by atoms with Crippen LogP contribution in [-0.2, 0) is 0 Å². The van der Waals surface area contributed by atoms with Crippen LogP contribution in [0.4, 0.5) is 17.1 Å². The summed E-state index contributed by atoms with van der Waals surface area (Å²) in [6, 6.07) is 85.7. The predicted molar refractivity (Wildman–Crippen MR) is 263 cm³/mol. The van der Waals surface area contributed by atoms with Gasteiger partial charge in [0, 0.05) is 27.7 Å². The van der Waals surface area contributed by atoms with Gasteiger partial charge in [-0.05, 0) is 126 Å². The number of nitrogens with zero attached hydrogens (tertiary/aromatic N) is 1. The van der Waals surface area contributed by atoms with Gasteiger partial charge in [-0.15, -0.1) is 0 Å². The molecule has 0 amide bonds. The number of para-hydroxylation sites is 1. The van der Waals surface area contributed by atoms with Crippen LogP contribution in [0, 0.1) is 0 Å². The van der Waals surface area contributed by atoms with Crippen LogP contribution < -0.4 is 4.90 Å². The van der Waals surface area contributed by atoms with E-state index in [1.807, 2.05) is 12.1 Å². The van der Waals surface area contributed by atoms with Crippen LogP contribution in [0.3, 0.4) is 0 Å². The Hall–Kier alpha value is -8.20. The van der Waals surface area contributed by atoms with Crippen molar-refractivity contribution in [3.05, 3.63) is 237 Å². The second-order valence-corrected chi connectivity index (χ2v) is 16.1. The van der Waals surface area contributed by atoms with Crippen LogP contribution in [0.1, 0.15) is 0 Å². The smallest absolute Gasteiger partial charge is 0.136 e. The van der Waals surface area contributed by atoms with E-state index in [4.69, 9.17) is 4.42 Å². The van der Waals surface area contributed by atoms with Crippen molar-refractivity contribution in [1.82, 2.24) is 0 Å². The van der Waals surface area contributed by atoms with Crippen LogP contribution >= 0.6 is 0 Å². The highest BCUT2D eigenvalue weighted by Gasteiger charge is 2.20. The lowest BCUT2D eigenvalue weighted by molar-refractivity contribution is 0.669. The van der Waals surface area contributed by atoms with E-state index < -0.39 is 0 Å². The summed E-state index contributed by atoms with van der Waals surface area (Å²) in [7, 11) is 0. The molecule has 0 saturated carbocycles. The third kappa shape index (κ3) is 6.20. The third-order valence-electron chi connectivity index (χ3n) is 12.5. The number of fused-ring (bicyclic) bond motifs is 7. The fourth-order valence-electron chi connectivity index (χ4n) is 9.35. The molecule has 11 aromatic carbocycles. The summed E-state index contributed by atoms with van der Waals surface area (Å²) in [4.78, 5) is 2.42. The quantitative estimate of drug-likeness (QED) is 0.150. The summed E-state index contributed by atoms with van der Waals surface area (Å²) in [5.41, 5.74) is 14.3. The van der Waals surface area contributed by atoms with Crippen LogP contribution in [0.5, 0.6) is 0 Å². The van der Waals surface area contributed by atoms with Crippen molar-refractivity contribution in [2.24, 2.45) is 0 Å². The summed E-state index contributed by atoms with van der Waals surface area (Å²) < 4.78 is 6.29. The Morgan fingerprint density at radius 3 is 1.55 bits per heavy atom. The molecule has 1 heterocycles. The normalized spacial score (nSPS) is 11.5. The molecular formula is C60H39NO. The van der Waals surface area contributed by atoms with Crippen LogP contribution in [-0.4, -0.2) is 0 Å². The maximum absolute atomic E-state index is 6.29. The van der Waals surface area contributed by atoms with Gasteiger partial charge in [-0.2, -0.15) is 0 Å². The minimum absolute atomic E-state index is 0.895. The molecule has 0 saturated heterocycles. The first kappa shape index (κ1) is 35.7. The lowest BCUT2D eigenvalue weighted by Gasteiger charge is -2.29. The highest BCUT2D eigenvalue weighted by atomic mass is 16.3. The summed E-state index contributed by atoms with van der Waals surface area (Å²) in [5, 5.41) is 9.79. The monoisotopic (exact) mass is 789 g/mol. The number of benzene rings is 11. The second kappa shape index (κ2) is 14.8. The zero-order valence-corrected chi connectivity index (χ0v) is 33.9. The average Bonchev–Trinajstić information content (AvgIpc) is 3.72. The molecular weight excluding hydrogens is 751 g/mol. The Labute approximate surface area is 360 Å². The molecule has 2 nitrogen and oxygen atoms in total. The molecule has 0 atom stereocenters. The second-order valence-electron chi connectivity index (χ2n) is 16.1. The Balaban J connectivity index is 1.01. The standard InChI is InChI=1S/C60H39NO/c1-2-11-43(12-3-1)55-35-29-48(53-19-10-15-42-13-4-6-16-51(42)53)38-58(55)61(50-32-25-41(26-33-50)46-28-36-57-56-18-8-9-20-59(56)62-60(57)39-46)49-30-23-40(24-31-49)45-27-34-54-47(37-45)22-21-44-14-5-7-17-52(44)54/h1-39H. The Morgan fingerprint density at radius 2 is 0.790 bits per heavy atom. The highest BCUT2D eigenvalue weighted by molar-refractivity contribution is 6.09. The number of rotatable bonds is 7. The molecule has 0 unspecified atom stereocenters. The van der Waals surface area contributed by atoms with Crippen LogP contribution in [0.15, 0.2) is 241 Å². The van der Waals surface area contributed by atoms with Crippen molar-refractivity contribution in [2.45, 2.75) is 0 Å². The fraction of sp³-hybridized carbons (Fsp3) is 0. The van der Waals surface area contributed by atoms with Gasteiger partial charge >= 0.3 is 0 Å². The summed E-state index contributed by atoms with van der Waals surface area (Å²) in [5.74, 6) is 0. The molecule has 0 bridgehead atoms. The van der Waals surface area contributed by atoms with Gasteiger partial charge in [0.25, 0.3) is 0 Å². The molecule has 0 spiro atoms. The van der Waals surface area contributed by atoms with Crippen molar-refractivity contribution in [3.63, 3.8) is 0 Å². The average molecular weight is 790 g/mol. The summed E-state index contributed by atoms with van der Waals surface area (Å²) in [6.07, 6.45) is 0. The van der Waals surface area contributed by atoms with Gasteiger partial charge in [0.05, 0.1) is 5.69 Å². The third-order valence-corrected chi connectivity index (χ3v) is 12.5. The molecule has 0 aliphatic rings. The topological polar surface area (TPSA) is 16.4 Å². The van der Waals surface area contributed by atoms with Gasteiger partial charge in [-0.1, -0.05) is 182 Å². The lowest BCUT2D eigenvalue weighted by atomic mass is 9.94. The summed E-state index contributed by atoms with van der Waals surface area (Å²) >= 11 is 0. The zero-order chi connectivity index (χ0) is 41.0. The number of anilines is 3. The zero-order valence-electron chi connectivity index (χ0n) is 33.9. The predicted octanol–water partition coefficient (Wildman–Crippen LogP) is 17.2. The maximum atomic E-state index is 6.29. The number of hydrogen-bond acceptors (Lipinski definition) is 2. The SMILES string of the molecule is c1ccc(-c2ccc(-c3cccc4ccccc34)cc2N(c2ccc(-c3ccc4c(ccc5ccccc54)c3)cc2)c2ccc(-c3ccc4c(c3)oc3ccccc34)cc2)cc1. The first-order valence-corrected chi connectivity index (χ1v) is 21.2. The molecule has 0 radical (unpaired) electrons. The number of furan rings is 1. The molecule has 0 fully saturated rings. The van der Waals surface area contributed by atoms with Crippen LogP contribution in [0.25, 0.3) is 98.8 Å². The van der Waals surface area contributed by atoms with E-state index in [0.717, 1.165) is 66.8 Å². The molecule has 0 N–H and O–H groups in total. The molecule has 12 rings (SSSR count). The Morgan fingerprint density at radius 1 is 0.258 bits per heavy atom. The van der Waals surface area contributed by atoms with Crippen molar-refractivity contribution < 1.29 is 4.42 Å². The molecule has 1 aromatic heterocycles. The van der Waals surface area contributed by atoms with Gasteiger partial charge < -0.3 is 9.32 Å². The van der Waals surface area contributed by atoms with E-state index in [1.54, 1.807) is 0 Å². The van der Waals surface area contributed by atoms with Crippen LogP contribution in [0.2, 0.25) is 0 Å². The van der Waals surface area contributed by atoms with E-state index in [-0.39, 0.29) is 0 Å². The first-order chi connectivity index (χ1) is 30.7. The van der Waals surface area contributed by atoms with Crippen molar-refractivity contribution >= 4 is 71.3 Å². The molecule has 12 aromatic rings. The van der Waals surface area contributed by atoms with Gasteiger partial charge in [0.15, 0.2) is 0 Å². The van der Waals surface area contributed by atoms with E-state index in [2.05, 4.69) is 229 Å². The van der Waals surface area contributed by atoms with Gasteiger partial charge in [0.2, 0.25) is 0 Å². The van der Waals surface area contributed by atoms with Gasteiger partial charge in [-0.3, -0.25) is 0 Å². The molecule has 0 aliphatic heterocycles. The first-order valence-electron chi connectivity index (χ1n) is 21.2. The number of hydrogen-bond donors (Lipinski definition) is 0. The minimum Gasteiger partial charge on any atom is -0.456 e. The molecule has 62 heavy (non-hydrogen) atoms. The molecule has 290 valence electrons. The van der Waals surface area contributed by atoms with Crippen molar-refractivity contribution in [1.29, 1.82) is 0 Å². The fourth-order valence-corrected chi connectivity index (χ4v) is 9.35. The van der Waals surface area contributed by atoms with E-state index in [0.29, 0.717) is 0 Å². The van der Waals surface area contributed by atoms with Crippen molar-refractivity contribution in [2.75, 3.05) is 4.90 Å². The van der Waals surface area contributed by atoms with E-state index in [1.165, 1.54) is 49.0 Å². The van der Waals surface area contributed by atoms with Gasteiger partial charge in [0.1, 0.15) is 11.2 Å². The lowest BCUT2D eigenvalue weighted by Crippen LogP contribution is -2.11. The maximum Gasteiger partial charge on any atom is 0.136 e. The Bertz CT molecular complexity index is 3610. The summed E-state index contributed by atoms with van der Waals surface area (Å²) in [6.45, 7) is 0. The largest absolute Gasteiger partial charge is 0.456 e. The van der Waals surface area contributed by atoms with Crippen molar-refractivity contribution in [3.8, 4) is 44.5 Å². The minimum atomic E-state index is 0.895. The van der Waals surface area contributed by atoms with E-state index in [9.17, 15) is 0 Å². The molecule has 0 aliphatic carbocycles. The highest BCUT2D eigenvalue weighted by Crippen LogP contribution is 2.45. The Kier molecular flexibility index (Phi) is 8.53. The van der Waals surface area contributed by atoms with Gasteiger partial charge in [-0.25, -0.2) is 0 Å². The molecule has 2 heteroatoms. The van der Waals surface area contributed by atoms with E-state index >= 15 is 0 Å².